The summed E-state index contributed by atoms with van der Waals surface area (Å²) in [4.78, 5) is 35.7. The molecule has 3 rings (SSSR count). The van der Waals surface area contributed by atoms with Gasteiger partial charge in [0.25, 0.3) is 11.8 Å². The highest BCUT2D eigenvalue weighted by Gasteiger charge is 2.16. The molecular formula is C22H19ClN2O6S. The molecule has 10 heteroatoms. The molecule has 1 heterocycles. The molecule has 0 saturated carbocycles. The van der Waals surface area contributed by atoms with Crippen molar-refractivity contribution in [1.82, 2.24) is 0 Å². The minimum Gasteiger partial charge on any atom is -0.493 e. The molecule has 32 heavy (non-hydrogen) atoms. The Morgan fingerprint density at radius 3 is 2.59 bits per heavy atom. The SMILES string of the molecule is COc1cc(C(=O)OCC(=O)Nc2sccc2C(N)=O)ccc1OCc1ccccc1Cl. The maximum absolute atomic E-state index is 12.3. The van der Waals surface area contributed by atoms with E-state index >= 15 is 0 Å². The third-order valence-corrected chi connectivity index (χ3v) is 5.46. The van der Waals surface area contributed by atoms with Crippen molar-refractivity contribution in [1.29, 1.82) is 0 Å². The number of thiophene rings is 1. The first-order chi connectivity index (χ1) is 15.4. The quantitative estimate of drug-likeness (QED) is 0.454. The van der Waals surface area contributed by atoms with Crippen LogP contribution in [0.2, 0.25) is 5.02 Å². The number of nitrogens with two attached hydrogens (primary N) is 1. The van der Waals surface area contributed by atoms with Gasteiger partial charge in [0, 0.05) is 10.6 Å². The van der Waals surface area contributed by atoms with E-state index in [1.807, 2.05) is 18.2 Å². The van der Waals surface area contributed by atoms with E-state index in [1.165, 1.54) is 25.3 Å². The molecule has 3 aromatic rings. The fourth-order valence-corrected chi connectivity index (χ4v) is 3.66. The summed E-state index contributed by atoms with van der Waals surface area (Å²) in [5, 5.41) is 4.98. The summed E-state index contributed by atoms with van der Waals surface area (Å²) >= 11 is 7.27. The molecular weight excluding hydrogens is 456 g/mol. The van der Waals surface area contributed by atoms with Gasteiger partial charge < -0.3 is 25.3 Å². The number of amides is 2. The zero-order chi connectivity index (χ0) is 23.1. The van der Waals surface area contributed by atoms with Gasteiger partial charge in [-0.2, -0.15) is 0 Å². The molecule has 3 N–H and O–H groups in total. The maximum Gasteiger partial charge on any atom is 0.338 e. The molecule has 0 fully saturated rings. The Balaban J connectivity index is 1.59. The normalized spacial score (nSPS) is 10.3. The summed E-state index contributed by atoms with van der Waals surface area (Å²) < 4.78 is 16.1. The molecule has 2 amide bonds. The zero-order valence-electron chi connectivity index (χ0n) is 16.9. The van der Waals surface area contributed by atoms with Crippen LogP contribution >= 0.6 is 22.9 Å². The van der Waals surface area contributed by atoms with Crippen LogP contribution in [0.3, 0.4) is 0 Å². The van der Waals surface area contributed by atoms with Gasteiger partial charge in [0.2, 0.25) is 0 Å². The molecule has 0 spiro atoms. The third-order valence-electron chi connectivity index (χ3n) is 4.26. The van der Waals surface area contributed by atoms with Crippen LogP contribution in [0.25, 0.3) is 0 Å². The summed E-state index contributed by atoms with van der Waals surface area (Å²) in [5.41, 5.74) is 6.40. The molecule has 0 radical (unpaired) electrons. The fourth-order valence-electron chi connectivity index (χ4n) is 2.66. The number of ether oxygens (including phenoxy) is 3. The van der Waals surface area contributed by atoms with Crippen molar-refractivity contribution in [2.45, 2.75) is 6.61 Å². The highest BCUT2D eigenvalue weighted by atomic mass is 35.5. The Labute approximate surface area is 192 Å². The van der Waals surface area contributed by atoms with Crippen molar-refractivity contribution in [3.63, 3.8) is 0 Å². The lowest BCUT2D eigenvalue weighted by atomic mass is 10.2. The molecule has 0 saturated heterocycles. The second kappa shape index (κ2) is 10.7. The van der Waals surface area contributed by atoms with Crippen LogP contribution in [0.1, 0.15) is 26.3 Å². The highest BCUT2D eigenvalue weighted by Crippen LogP contribution is 2.30. The van der Waals surface area contributed by atoms with Crippen LogP contribution in [0, 0.1) is 0 Å². The number of primary amides is 1. The summed E-state index contributed by atoms with van der Waals surface area (Å²) in [6, 6.07) is 13.3. The molecule has 0 bridgehead atoms. The van der Waals surface area contributed by atoms with Crippen LogP contribution in [0.4, 0.5) is 5.00 Å². The molecule has 8 nitrogen and oxygen atoms in total. The lowest BCUT2D eigenvalue weighted by Crippen LogP contribution is -2.22. The van der Waals surface area contributed by atoms with E-state index in [2.05, 4.69) is 5.32 Å². The first kappa shape index (κ1) is 23.1. The largest absolute Gasteiger partial charge is 0.493 e. The second-order valence-electron chi connectivity index (χ2n) is 6.40. The molecule has 0 atom stereocenters. The Kier molecular flexibility index (Phi) is 7.69. The Morgan fingerprint density at radius 2 is 1.88 bits per heavy atom. The lowest BCUT2D eigenvalue weighted by molar-refractivity contribution is -0.119. The number of hydrogen-bond donors (Lipinski definition) is 2. The monoisotopic (exact) mass is 474 g/mol. The van der Waals surface area contributed by atoms with Gasteiger partial charge in [-0.15, -0.1) is 11.3 Å². The molecule has 166 valence electrons. The van der Waals surface area contributed by atoms with Gasteiger partial charge in [-0.25, -0.2) is 4.79 Å². The number of esters is 1. The zero-order valence-corrected chi connectivity index (χ0v) is 18.5. The first-order valence-electron chi connectivity index (χ1n) is 9.27. The van der Waals surface area contributed by atoms with Crippen molar-refractivity contribution in [2.24, 2.45) is 5.73 Å². The van der Waals surface area contributed by atoms with Crippen molar-refractivity contribution >= 4 is 45.7 Å². The van der Waals surface area contributed by atoms with Gasteiger partial charge in [0.15, 0.2) is 18.1 Å². The highest BCUT2D eigenvalue weighted by molar-refractivity contribution is 7.14. The van der Waals surface area contributed by atoms with E-state index in [-0.39, 0.29) is 17.7 Å². The second-order valence-corrected chi connectivity index (χ2v) is 7.72. The van der Waals surface area contributed by atoms with Crippen LogP contribution in [0.5, 0.6) is 11.5 Å². The number of carbonyl (C=O) groups is 3. The number of methoxy groups -OCH3 is 1. The topological polar surface area (TPSA) is 117 Å². The minimum atomic E-state index is -0.725. The van der Waals surface area contributed by atoms with Crippen molar-refractivity contribution in [3.8, 4) is 11.5 Å². The van der Waals surface area contributed by atoms with E-state index in [1.54, 1.807) is 17.5 Å². The van der Waals surface area contributed by atoms with Crippen LogP contribution in [0.15, 0.2) is 53.9 Å². The van der Waals surface area contributed by atoms with Crippen molar-refractivity contribution in [3.05, 3.63) is 75.6 Å². The summed E-state index contributed by atoms with van der Waals surface area (Å²) in [5.74, 6) is -1.26. The van der Waals surface area contributed by atoms with Gasteiger partial charge in [-0.05, 0) is 35.7 Å². The molecule has 2 aromatic carbocycles. The van der Waals surface area contributed by atoms with E-state index in [9.17, 15) is 14.4 Å². The first-order valence-corrected chi connectivity index (χ1v) is 10.5. The molecule has 0 aliphatic carbocycles. The smallest absolute Gasteiger partial charge is 0.338 e. The van der Waals surface area contributed by atoms with Gasteiger partial charge in [-0.1, -0.05) is 29.8 Å². The average molecular weight is 475 g/mol. The Morgan fingerprint density at radius 1 is 1.09 bits per heavy atom. The van der Waals surface area contributed by atoms with Gasteiger partial charge in [-0.3, -0.25) is 9.59 Å². The average Bonchev–Trinajstić information content (AvgIpc) is 3.25. The number of halogens is 1. The van der Waals surface area contributed by atoms with Crippen LogP contribution in [-0.2, 0) is 16.1 Å². The fraction of sp³-hybridized carbons (Fsp3) is 0.136. The van der Waals surface area contributed by atoms with Crippen molar-refractivity contribution < 1.29 is 28.6 Å². The molecule has 0 unspecified atom stereocenters. The van der Waals surface area contributed by atoms with Crippen LogP contribution < -0.4 is 20.5 Å². The van der Waals surface area contributed by atoms with E-state index < -0.39 is 24.4 Å². The number of rotatable bonds is 9. The molecule has 0 aliphatic rings. The summed E-state index contributed by atoms with van der Waals surface area (Å²) in [6.07, 6.45) is 0. The predicted octanol–water partition coefficient (Wildman–Crippen LogP) is 3.88. The summed E-state index contributed by atoms with van der Waals surface area (Å²) in [7, 11) is 1.44. The van der Waals surface area contributed by atoms with Gasteiger partial charge >= 0.3 is 5.97 Å². The number of benzene rings is 2. The standard InChI is InChI=1S/C22H19ClN2O6S/c1-29-18-10-13(6-7-17(18)30-11-14-4-2-3-5-16(14)23)22(28)31-12-19(26)25-21-15(20(24)27)8-9-32-21/h2-10H,11-12H2,1H3,(H2,24,27)(H,25,26). The van der Waals surface area contributed by atoms with Crippen molar-refractivity contribution in [2.75, 3.05) is 19.0 Å². The summed E-state index contributed by atoms with van der Waals surface area (Å²) in [6.45, 7) is -0.321. The predicted molar refractivity (Wildman–Crippen MR) is 121 cm³/mol. The number of hydrogen-bond acceptors (Lipinski definition) is 7. The van der Waals surface area contributed by atoms with Gasteiger partial charge in [0.1, 0.15) is 11.6 Å². The Hall–Kier alpha value is -3.56. The number of carbonyl (C=O) groups excluding carboxylic acids is 3. The Bertz CT molecular complexity index is 1150. The van der Waals surface area contributed by atoms with Gasteiger partial charge in [0.05, 0.1) is 18.2 Å². The lowest BCUT2D eigenvalue weighted by Gasteiger charge is -2.13. The molecule has 0 aliphatic heterocycles. The third kappa shape index (κ3) is 5.77. The van der Waals surface area contributed by atoms with E-state index in [0.29, 0.717) is 21.5 Å². The maximum atomic E-state index is 12.3. The van der Waals surface area contributed by atoms with Crippen LogP contribution in [-0.4, -0.2) is 31.5 Å². The molecule has 1 aromatic heterocycles. The number of nitrogens with one attached hydrogen (secondary N) is 1. The van der Waals surface area contributed by atoms with E-state index in [4.69, 9.17) is 31.5 Å². The van der Waals surface area contributed by atoms with E-state index in [0.717, 1.165) is 16.9 Å². The minimum absolute atomic E-state index is 0.175. The number of anilines is 1.